The van der Waals surface area contributed by atoms with Gasteiger partial charge in [0.15, 0.2) is 0 Å². The third-order valence-electron chi connectivity index (χ3n) is 2.16. The maximum atomic E-state index is 8.53. The summed E-state index contributed by atoms with van der Waals surface area (Å²) >= 11 is 0. The molecule has 1 rings (SSSR count). The summed E-state index contributed by atoms with van der Waals surface area (Å²) in [6, 6.07) is 0.614. The van der Waals surface area contributed by atoms with Crippen molar-refractivity contribution in [2.24, 2.45) is 0 Å². The van der Waals surface area contributed by atoms with Crippen molar-refractivity contribution in [2.45, 2.75) is 31.7 Å². The average molecular weight is 173 g/mol. The van der Waals surface area contributed by atoms with Gasteiger partial charge in [0.1, 0.15) is 0 Å². The van der Waals surface area contributed by atoms with E-state index in [1.165, 1.54) is 12.8 Å². The highest BCUT2D eigenvalue weighted by atomic mass is 16.5. The molecule has 0 amide bonds. The number of ether oxygens (including phenoxy) is 1. The monoisotopic (exact) mass is 173 g/mol. The van der Waals surface area contributed by atoms with Gasteiger partial charge >= 0.3 is 0 Å². The third kappa shape index (κ3) is 4.04. The smallest absolute Gasteiger partial charge is 0.0643 e. The van der Waals surface area contributed by atoms with Gasteiger partial charge < -0.3 is 15.2 Å². The zero-order chi connectivity index (χ0) is 8.65. The van der Waals surface area contributed by atoms with Crippen LogP contribution in [0.15, 0.2) is 0 Å². The highest BCUT2D eigenvalue weighted by molar-refractivity contribution is 4.72. The minimum Gasteiger partial charge on any atom is -0.396 e. The van der Waals surface area contributed by atoms with Gasteiger partial charge in [-0.3, -0.25) is 0 Å². The van der Waals surface area contributed by atoms with Crippen molar-refractivity contribution in [3.05, 3.63) is 0 Å². The largest absolute Gasteiger partial charge is 0.396 e. The van der Waals surface area contributed by atoms with Gasteiger partial charge in [-0.15, -0.1) is 0 Å². The fraction of sp³-hybridized carbons (Fsp3) is 1.00. The van der Waals surface area contributed by atoms with Crippen LogP contribution in [-0.4, -0.2) is 37.5 Å². The number of hydrogen-bond donors (Lipinski definition) is 2. The fourth-order valence-electron chi connectivity index (χ4n) is 1.25. The van der Waals surface area contributed by atoms with Crippen LogP contribution < -0.4 is 5.32 Å². The third-order valence-corrected chi connectivity index (χ3v) is 2.16. The van der Waals surface area contributed by atoms with Crippen LogP contribution in [0, 0.1) is 0 Å². The van der Waals surface area contributed by atoms with Crippen LogP contribution in [0.1, 0.15) is 25.7 Å². The van der Waals surface area contributed by atoms with E-state index in [9.17, 15) is 0 Å². The van der Waals surface area contributed by atoms with Crippen LogP contribution in [0.3, 0.4) is 0 Å². The summed E-state index contributed by atoms with van der Waals surface area (Å²) < 4.78 is 5.03. The first-order valence-corrected chi connectivity index (χ1v) is 4.85. The Morgan fingerprint density at radius 1 is 1.17 bits per heavy atom. The number of nitrogens with one attached hydrogen (secondary N) is 1. The summed E-state index contributed by atoms with van der Waals surface area (Å²) in [5.74, 6) is 0. The van der Waals surface area contributed by atoms with E-state index in [4.69, 9.17) is 9.84 Å². The molecular formula is C9H19NO2. The zero-order valence-electron chi connectivity index (χ0n) is 7.59. The van der Waals surface area contributed by atoms with Crippen molar-refractivity contribution in [1.29, 1.82) is 0 Å². The van der Waals surface area contributed by atoms with Crippen molar-refractivity contribution in [2.75, 3.05) is 26.4 Å². The van der Waals surface area contributed by atoms with Crippen LogP contribution in [0.4, 0.5) is 0 Å². The van der Waals surface area contributed by atoms with E-state index < -0.39 is 0 Å². The zero-order valence-corrected chi connectivity index (χ0v) is 7.59. The lowest BCUT2D eigenvalue weighted by atomic mass is 10.2. The van der Waals surface area contributed by atoms with Gasteiger partial charge in [-0.1, -0.05) is 12.8 Å². The molecule has 1 aliphatic rings. The van der Waals surface area contributed by atoms with E-state index in [-0.39, 0.29) is 0 Å². The quantitative estimate of drug-likeness (QED) is 0.552. The predicted molar refractivity (Wildman–Crippen MR) is 48.2 cm³/mol. The molecule has 72 valence electrons. The van der Waals surface area contributed by atoms with Gasteiger partial charge in [-0.05, 0) is 19.4 Å². The van der Waals surface area contributed by atoms with Gasteiger partial charge in [0.2, 0.25) is 0 Å². The standard InChI is InChI=1S/C9H19NO2/c11-6-4-2-1-3-5-10-9-7-12-8-9/h9-11H,1-8H2. The van der Waals surface area contributed by atoms with Gasteiger partial charge in [-0.25, -0.2) is 0 Å². The lowest BCUT2D eigenvalue weighted by molar-refractivity contribution is -0.00497. The molecule has 0 bridgehead atoms. The maximum Gasteiger partial charge on any atom is 0.0643 e. The molecule has 0 aromatic carbocycles. The highest BCUT2D eigenvalue weighted by Gasteiger charge is 2.16. The number of unbranched alkanes of at least 4 members (excludes halogenated alkanes) is 3. The van der Waals surface area contributed by atoms with Crippen molar-refractivity contribution in [1.82, 2.24) is 5.32 Å². The first-order chi connectivity index (χ1) is 5.93. The molecule has 12 heavy (non-hydrogen) atoms. The molecule has 1 heterocycles. The second-order valence-electron chi connectivity index (χ2n) is 3.33. The second kappa shape index (κ2) is 6.40. The van der Waals surface area contributed by atoms with Crippen LogP contribution in [0.2, 0.25) is 0 Å². The summed E-state index contributed by atoms with van der Waals surface area (Å²) in [4.78, 5) is 0. The Kier molecular flexibility index (Phi) is 5.32. The Bertz CT molecular complexity index is 105. The number of rotatable bonds is 7. The lowest BCUT2D eigenvalue weighted by Crippen LogP contribution is -2.46. The van der Waals surface area contributed by atoms with Gasteiger partial charge in [-0.2, -0.15) is 0 Å². The number of aliphatic hydroxyl groups is 1. The molecule has 1 saturated heterocycles. The molecule has 0 radical (unpaired) electrons. The lowest BCUT2D eigenvalue weighted by Gasteiger charge is -2.26. The van der Waals surface area contributed by atoms with Gasteiger partial charge in [0, 0.05) is 6.61 Å². The second-order valence-corrected chi connectivity index (χ2v) is 3.33. The molecule has 0 spiro atoms. The molecule has 1 aliphatic heterocycles. The van der Waals surface area contributed by atoms with Crippen LogP contribution >= 0.6 is 0 Å². The molecule has 0 aliphatic carbocycles. The van der Waals surface area contributed by atoms with Gasteiger partial charge in [0.05, 0.1) is 19.3 Å². The minimum atomic E-state index is 0.337. The van der Waals surface area contributed by atoms with Crippen molar-refractivity contribution < 1.29 is 9.84 Å². The summed E-state index contributed by atoms with van der Waals surface area (Å²) in [7, 11) is 0. The van der Waals surface area contributed by atoms with E-state index in [2.05, 4.69) is 5.32 Å². The molecule has 0 saturated carbocycles. The predicted octanol–water partition coefficient (Wildman–Crippen LogP) is 0.527. The highest BCUT2D eigenvalue weighted by Crippen LogP contribution is 2.01. The molecule has 0 aromatic rings. The maximum absolute atomic E-state index is 8.53. The van der Waals surface area contributed by atoms with Crippen LogP contribution in [0.25, 0.3) is 0 Å². The Labute approximate surface area is 74.1 Å². The molecule has 3 nitrogen and oxygen atoms in total. The molecular weight excluding hydrogens is 154 g/mol. The molecule has 3 heteroatoms. The first kappa shape index (κ1) is 9.96. The number of hydrogen-bond acceptors (Lipinski definition) is 3. The Morgan fingerprint density at radius 3 is 2.50 bits per heavy atom. The fourth-order valence-corrected chi connectivity index (χ4v) is 1.25. The molecule has 0 unspecified atom stereocenters. The normalized spacial score (nSPS) is 17.8. The summed E-state index contributed by atoms with van der Waals surface area (Å²) in [5.41, 5.74) is 0. The van der Waals surface area contributed by atoms with Crippen LogP contribution in [0.5, 0.6) is 0 Å². The Morgan fingerprint density at radius 2 is 1.92 bits per heavy atom. The molecule has 2 N–H and O–H groups in total. The molecule has 0 atom stereocenters. The number of aliphatic hydroxyl groups excluding tert-OH is 1. The van der Waals surface area contributed by atoms with Crippen LogP contribution in [-0.2, 0) is 4.74 Å². The Balaban J connectivity index is 1.70. The van der Waals surface area contributed by atoms with E-state index in [0.717, 1.165) is 32.6 Å². The van der Waals surface area contributed by atoms with Crippen molar-refractivity contribution in [3.8, 4) is 0 Å². The van der Waals surface area contributed by atoms with Crippen molar-refractivity contribution >= 4 is 0 Å². The van der Waals surface area contributed by atoms with E-state index >= 15 is 0 Å². The average Bonchev–Trinajstić information content (AvgIpc) is 2.00. The SMILES string of the molecule is OCCCCCCNC1COC1. The van der Waals surface area contributed by atoms with Gasteiger partial charge in [0.25, 0.3) is 0 Å². The summed E-state index contributed by atoms with van der Waals surface area (Å²) in [6.45, 7) is 3.20. The topological polar surface area (TPSA) is 41.5 Å². The van der Waals surface area contributed by atoms with E-state index in [1.54, 1.807) is 0 Å². The molecule has 0 aromatic heterocycles. The minimum absolute atomic E-state index is 0.337. The van der Waals surface area contributed by atoms with E-state index in [0.29, 0.717) is 12.6 Å². The van der Waals surface area contributed by atoms with E-state index in [1.807, 2.05) is 0 Å². The summed E-state index contributed by atoms with van der Waals surface area (Å²) in [6.07, 6.45) is 4.55. The summed E-state index contributed by atoms with van der Waals surface area (Å²) in [5, 5.41) is 11.9. The Hall–Kier alpha value is -0.120. The first-order valence-electron chi connectivity index (χ1n) is 4.85. The van der Waals surface area contributed by atoms with Crippen molar-refractivity contribution in [3.63, 3.8) is 0 Å². The molecule has 1 fully saturated rings.